The highest BCUT2D eigenvalue weighted by molar-refractivity contribution is 7.67. The molecule has 0 aromatic heterocycles. The van der Waals surface area contributed by atoms with Crippen LogP contribution in [-0.2, 0) is 0 Å². The fourth-order valence-electron chi connectivity index (χ4n) is 4.59. The van der Waals surface area contributed by atoms with Gasteiger partial charge in [-0.2, -0.15) is 0 Å². The zero-order valence-corrected chi connectivity index (χ0v) is 14.8. The van der Waals surface area contributed by atoms with Gasteiger partial charge in [-0.3, -0.25) is 0 Å². The summed E-state index contributed by atoms with van der Waals surface area (Å²) >= 11 is 0. The summed E-state index contributed by atoms with van der Waals surface area (Å²) in [6.45, 7) is 4.73. The molecule has 0 saturated heterocycles. The normalized spacial score (nSPS) is 21.9. The van der Waals surface area contributed by atoms with Gasteiger partial charge in [0, 0.05) is 0 Å². The summed E-state index contributed by atoms with van der Waals surface area (Å²) < 4.78 is 0. The number of hydrogen-bond acceptors (Lipinski definition) is 0. The molecule has 0 atom stereocenters. The molecule has 0 spiro atoms. The predicted octanol–water partition coefficient (Wildman–Crippen LogP) is 6.08. The second kappa shape index (κ2) is 7.28. The molecule has 0 amide bonds. The number of rotatable bonds is 3. The molecular formula is C20H31P. The minimum atomic E-state index is 0.0662. The lowest BCUT2D eigenvalue weighted by molar-refractivity contribution is 0.487. The van der Waals surface area contributed by atoms with E-state index in [1.54, 1.807) is 16.4 Å². The van der Waals surface area contributed by atoms with Gasteiger partial charge in [0.05, 0.1) is 0 Å². The zero-order chi connectivity index (χ0) is 14.7. The fraction of sp³-hybridized carbons (Fsp3) is 0.700. The molecule has 0 aliphatic heterocycles. The van der Waals surface area contributed by atoms with Crippen molar-refractivity contribution in [2.45, 2.75) is 89.4 Å². The Labute approximate surface area is 132 Å². The van der Waals surface area contributed by atoms with Crippen molar-refractivity contribution in [3.05, 3.63) is 29.3 Å². The molecule has 0 heterocycles. The zero-order valence-electron chi connectivity index (χ0n) is 13.9. The van der Waals surface area contributed by atoms with Gasteiger partial charge in [-0.15, -0.1) is 0 Å². The molecule has 2 saturated carbocycles. The highest BCUT2D eigenvalue weighted by atomic mass is 31.1. The molecular weight excluding hydrogens is 271 g/mol. The summed E-state index contributed by atoms with van der Waals surface area (Å²) in [7, 11) is 0.0662. The van der Waals surface area contributed by atoms with Gasteiger partial charge in [0.25, 0.3) is 0 Å². The second-order valence-electron chi connectivity index (χ2n) is 7.23. The minimum Gasteiger partial charge on any atom is -0.0684 e. The van der Waals surface area contributed by atoms with E-state index in [1.165, 1.54) is 64.2 Å². The van der Waals surface area contributed by atoms with Crippen molar-refractivity contribution in [2.24, 2.45) is 0 Å². The van der Waals surface area contributed by atoms with E-state index in [-0.39, 0.29) is 7.92 Å². The first-order valence-electron chi connectivity index (χ1n) is 9.12. The van der Waals surface area contributed by atoms with E-state index < -0.39 is 0 Å². The Bertz CT molecular complexity index is 415. The summed E-state index contributed by atoms with van der Waals surface area (Å²) in [5, 5.41) is 1.80. The van der Waals surface area contributed by atoms with Gasteiger partial charge in [0.2, 0.25) is 0 Å². The Kier molecular flexibility index (Phi) is 5.38. The minimum absolute atomic E-state index is 0.0662. The lowest BCUT2D eigenvalue weighted by atomic mass is 9.99. The standard InChI is InChI=1S/C20H31P/c1-16-10-9-11-17(2)20(16)21(18-12-5-3-6-13-18)19-14-7-4-8-15-19/h9-11,18-19H,3-8,12-15H2,1-2H3. The maximum absolute atomic E-state index is 2.36. The van der Waals surface area contributed by atoms with Crippen LogP contribution in [0, 0.1) is 13.8 Å². The molecule has 2 aliphatic carbocycles. The number of aryl methyl sites for hydroxylation is 2. The Morgan fingerprint density at radius 2 is 1.14 bits per heavy atom. The SMILES string of the molecule is Cc1cccc(C)c1P(C1CCCCC1)C1CCCCC1. The highest BCUT2D eigenvalue weighted by Crippen LogP contribution is 2.55. The first-order valence-corrected chi connectivity index (χ1v) is 10.6. The van der Waals surface area contributed by atoms with Crippen LogP contribution >= 0.6 is 7.92 Å². The largest absolute Gasteiger partial charge is 0.0684 e. The quantitative estimate of drug-likeness (QED) is 0.594. The van der Waals surface area contributed by atoms with Crippen molar-refractivity contribution in [3.8, 4) is 0 Å². The summed E-state index contributed by atoms with van der Waals surface area (Å²) in [6.07, 6.45) is 15.0. The van der Waals surface area contributed by atoms with Crippen molar-refractivity contribution in [1.29, 1.82) is 0 Å². The van der Waals surface area contributed by atoms with Crippen LogP contribution in [0.25, 0.3) is 0 Å². The predicted molar refractivity (Wildman–Crippen MR) is 96.2 cm³/mol. The van der Waals surface area contributed by atoms with E-state index in [9.17, 15) is 0 Å². The van der Waals surface area contributed by atoms with Crippen molar-refractivity contribution < 1.29 is 0 Å². The lowest BCUT2D eigenvalue weighted by Gasteiger charge is -2.40. The maximum atomic E-state index is 2.36. The van der Waals surface area contributed by atoms with E-state index >= 15 is 0 Å². The molecule has 116 valence electrons. The third kappa shape index (κ3) is 3.53. The third-order valence-corrected chi connectivity index (χ3v) is 9.46. The average Bonchev–Trinajstić information content (AvgIpc) is 2.53. The maximum Gasteiger partial charge on any atom is -0.0166 e. The molecule has 0 N–H and O–H groups in total. The van der Waals surface area contributed by atoms with Gasteiger partial charge in [-0.25, -0.2) is 0 Å². The molecule has 2 fully saturated rings. The van der Waals surface area contributed by atoms with Crippen LogP contribution in [0.1, 0.15) is 75.3 Å². The lowest BCUT2D eigenvalue weighted by Crippen LogP contribution is -2.28. The molecule has 2 aliphatic rings. The van der Waals surface area contributed by atoms with E-state index in [0.29, 0.717) is 0 Å². The first-order chi connectivity index (χ1) is 10.3. The first kappa shape index (κ1) is 15.5. The Hall–Kier alpha value is -0.350. The van der Waals surface area contributed by atoms with Crippen molar-refractivity contribution in [3.63, 3.8) is 0 Å². The van der Waals surface area contributed by atoms with Gasteiger partial charge < -0.3 is 0 Å². The van der Waals surface area contributed by atoms with Gasteiger partial charge in [0.1, 0.15) is 0 Å². The van der Waals surface area contributed by atoms with Crippen LogP contribution in [0.15, 0.2) is 18.2 Å². The van der Waals surface area contributed by atoms with Gasteiger partial charge in [0.15, 0.2) is 0 Å². The van der Waals surface area contributed by atoms with Crippen molar-refractivity contribution in [1.82, 2.24) is 0 Å². The molecule has 0 radical (unpaired) electrons. The highest BCUT2D eigenvalue weighted by Gasteiger charge is 2.33. The van der Waals surface area contributed by atoms with Crippen molar-refractivity contribution in [2.75, 3.05) is 0 Å². The fourth-order valence-corrected chi connectivity index (χ4v) is 8.73. The molecule has 3 rings (SSSR count). The molecule has 1 heteroatoms. The smallest absolute Gasteiger partial charge is 0.0166 e. The molecule has 0 bridgehead atoms. The van der Waals surface area contributed by atoms with Gasteiger partial charge >= 0.3 is 0 Å². The van der Waals surface area contributed by atoms with E-state index in [2.05, 4.69) is 32.0 Å². The Morgan fingerprint density at radius 3 is 1.57 bits per heavy atom. The van der Waals surface area contributed by atoms with Gasteiger partial charge in [-0.05, 0) is 67.3 Å². The summed E-state index contributed by atoms with van der Waals surface area (Å²) in [6, 6.07) is 6.98. The number of hydrogen-bond donors (Lipinski definition) is 0. The number of benzene rings is 1. The summed E-state index contributed by atoms with van der Waals surface area (Å²) in [5.41, 5.74) is 5.21. The Morgan fingerprint density at radius 1 is 0.714 bits per heavy atom. The van der Waals surface area contributed by atoms with Crippen LogP contribution in [0.4, 0.5) is 0 Å². The van der Waals surface area contributed by atoms with Crippen LogP contribution < -0.4 is 5.30 Å². The van der Waals surface area contributed by atoms with Crippen LogP contribution in [0.5, 0.6) is 0 Å². The monoisotopic (exact) mass is 302 g/mol. The summed E-state index contributed by atoms with van der Waals surface area (Å²) in [5.74, 6) is 0. The van der Waals surface area contributed by atoms with Crippen LogP contribution in [0.2, 0.25) is 0 Å². The van der Waals surface area contributed by atoms with Crippen LogP contribution in [0.3, 0.4) is 0 Å². The molecule has 0 nitrogen and oxygen atoms in total. The molecule has 21 heavy (non-hydrogen) atoms. The molecule has 1 aromatic carbocycles. The Balaban J connectivity index is 1.94. The summed E-state index contributed by atoms with van der Waals surface area (Å²) in [4.78, 5) is 0. The van der Waals surface area contributed by atoms with E-state index in [4.69, 9.17) is 0 Å². The van der Waals surface area contributed by atoms with Gasteiger partial charge in [-0.1, -0.05) is 64.6 Å². The molecule has 0 unspecified atom stereocenters. The topological polar surface area (TPSA) is 0 Å². The average molecular weight is 302 g/mol. The third-order valence-electron chi connectivity index (χ3n) is 5.63. The van der Waals surface area contributed by atoms with Crippen molar-refractivity contribution >= 4 is 13.2 Å². The second-order valence-corrected chi connectivity index (χ2v) is 9.95. The molecule has 1 aromatic rings. The van der Waals surface area contributed by atoms with E-state index in [1.807, 2.05) is 0 Å². The van der Waals surface area contributed by atoms with Crippen LogP contribution in [-0.4, -0.2) is 11.3 Å². The van der Waals surface area contributed by atoms with E-state index in [0.717, 1.165) is 11.3 Å².